The SMILES string of the molecule is CCC(NC(=O)C(=O)NCCC(C)C)c1ccc2c(c1)CCCC2. The third-order valence-electron chi connectivity index (χ3n) is 4.70. The van der Waals surface area contributed by atoms with Crippen LogP contribution in [0, 0.1) is 5.92 Å². The molecule has 24 heavy (non-hydrogen) atoms. The standard InChI is InChI=1S/C20H30N2O2/c1-4-18(22-20(24)19(23)21-12-11-14(2)3)17-10-9-15-7-5-6-8-16(15)13-17/h9-10,13-14,18H,4-8,11-12H2,1-3H3,(H,21,23)(H,22,24). The number of rotatable bonds is 6. The van der Waals surface area contributed by atoms with Gasteiger partial charge in [0, 0.05) is 6.54 Å². The maximum absolute atomic E-state index is 12.1. The minimum absolute atomic E-state index is 0.111. The highest BCUT2D eigenvalue weighted by molar-refractivity contribution is 6.35. The summed E-state index contributed by atoms with van der Waals surface area (Å²) in [4.78, 5) is 24.0. The predicted octanol–water partition coefficient (Wildman–Crippen LogP) is 3.30. The van der Waals surface area contributed by atoms with Crippen LogP contribution in [-0.2, 0) is 22.4 Å². The Morgan fingerprint density at radius 1 is 1.08 bits per heavy atom. The molecule has 0 saturated carbocycles. The van der Waals surface area contributed by atoms with E-state index in [1.54, 1.807) is 0 Å². The largest absolute Gasteiger partial charge is 0.348 e. The van der Waals surface area contributed by atoms with E-state index in [2.05, 4.69) is 42.7 Å². The number of carbonyl (C=O) groups is 2. The van der Waals surface area contributed by atoms with Crippen molar-refractivity contribution in [2.45, 2.75) is 65.3 Å². The van der Waals surface area contributed by atoms with Crippen molar-refractivity contribution >= 4 is 11.8 Å². The third-order valence-corrected chi connectivity index (χ3v) is 4.70. The predicted molar refractivity (Wildman–Crippen MR) is 96.7 cm³/mol. The highest BCUT2D eigenvalue weighted by Crippen LogP contribution is 2.26. The number of fused-ring (bicyclic) bond motifs is 1. The Kier molecular flexibility index (Phi) is 6.83. The molecule has 2 N–H and O–H groups in total. The van der Waals surface area contributed by atoms with Gasteiger partial charge in [0.05, 0.1) is 6.04 Å². The molecule has 0 radical (unpaired) electrons. The summed E-state index contributed by atoms with van der Waals surface area (Å²) in [7, 11) is 0. The summed E-state index contributed by atoms with van der Waals surface area (Å²) in [5.41, 5.74) is 3.92. The molecule has 1 unspecified atom stereocenters. The van der Waals surface area contributed by atoms with E-state index in [9.17, 15) is 9.59 Å². The molecule has 2 amide bonds. The fourth-order valence-corrected chi connectivity index (χ4v) is 3.17. The molecule has 1 aliphatic rings. The van der Waals surface area contributed by atoms with Gasteiger partial charge in [-0.15, -0.1) is 0 Å². The van der Waals surface area contributed by atoms with Crippen molar-refractivity contribution < 1.29 is 9.59 Å². The zero-order valence-corrected chi connectivity index (χ0v) is 15.2. The van der Waals surface area contributed by atoms with Crippen LogP contribution in [-0.4, -0.2) is 18.4 Å². The molecule has 0 aromatic heterocycles. The van der Waals surface area contributed by atoms with Gasteiger partial charge in [-0.05, 0) is 61.1 Å². The van der Waals surface area contributed by atoms with Crippen LogP contribution in [0.1, 0.15) is 69.2 Å². The van der Waals surface area contributed by atoms with Crippen LogP contribution in [0.3, 0.4) is 0 Å². The van der Waals surface area contributed by atoms with Gasteiger partial charge in [-0.2, -0.15) is 0 Å². The highest BCUT2D eigenvalue weighted by atomic mass is 16.2. The highest BCUT2D eigenvalue weighted by Gasteiger charge is 2.20. The molecule has 0 spiro atoms. The molecule has 0 saturated heterocycles. The molecule has 1 aromatic carbocycles. The summed E-state index contributed by atoms with van der Waals surface area (Å²) in [6, 6.07) is 6.37. The Morgan fingerprint density at radius 3 is 2.46 bits per heavy atom. The quantitative estimate of drug-likeness (QED) is 0.786. The first-order valence-electron chi connectivity index (χ1n) is 9.21. The summed E-state index contributed by atoms with van der Waals surface area (Å²) in [5, 5.41) is 5.57. The van der Waals surface area contributed by atoms with Crippen molar-refractivity contribution in [2.75, 3.05) is 6.54 Å². The minimum atomic E-state index is -0.539. The summed E-state index contributed by atoms with van der Waals surface area (Å²) < 4.78 is 0. The second-order valence-corrected chi connectivity index (χ2v) is 7.11. The first kappa shape index (κ1) is 18.5. The van der Waals surface area contributed by atoms with Crippen molar-refractivity contribution in [3.05, 3.63) is 34.9 Å². The first-order valence-corrected chi connectivity index (χ1v) is 9.21. The van der Waals surface area contributed by atoms with Gasteiger partial charge in [0.1, 0.15) is 0 Å². The van der Waals surface area contributed by atoms with Crippen LogP contribution >= 0.6 is 0 Å². The lowest BCUT2D eigenvalue weighted by Crippen LogP contribution is -2.42. The van der Waals surface area contributed by atoms with E-state index in [0.29, 0.717) is 12.5 Å². The van der Waals surface area contributed by atoms with Gasteiger partial charge in [-0.3, -0.25) is 9.59 Å². The molecule has 0 fully saturated rings. The second kappa shape index (κ2) is 8.86. The molecular formula is C20H30N2O2. The third kappa shape index (κ3) is 5.08. The van der Waals surface area contributed by atoms with E-state index in [1.807, 2.05) is 6.92 Å². The Balaban J connectivity index is 1.96. The van der Waals surface area contributed by atoms with Gasteiger partial charge in [-0.25, -0.2) is 0 Å². The average Bonchev–Trinajstić information content (AvgIpc) is 2.58. The Morgan fingerprint density at radius 2 is 1.79 bits per heavy atom. The Hall–Kier alpha value is -1.84. The van der Waals surface area contributed by atoms with Crippen LogP contribution in [0.4, 0.5) is 0 Å². The fraction of sp³-hybridized carbons (Fsp3) is 0.600. The lowest BCUT2D eigenvalue weighted by molar-refractivity contribution is -0.139. The summed E-state index contributed by atoms with van der Waals surface area (Å²) in [5.74, 6) is -0.567. The zero-order chi connectivity index (χ0) is 17.5. The summed E-state index contributed by atoms with van der Waals surface area (Å²) in [6.45, 7) is 6.76. The van der Waals surface area contributed by atoms with E-state index in [4.69, 9.17) is 0 Å². The molecule has 0 heterocycles. The molecule has 132 valence electrons. The van der Waals surface area contributed by atoms with Gasteiger partial charge < -0.3 is 10.6 Å². The van der Waals surface area contributed by atoms with Crippen molar-refractivity contribution in [3.8, 4) is 0 Å². The van der Waals surface area contributed by atoms with Crippen molar-refractivity contribution in [1.29, 1.82) is 0 Å². The number of carbonyl (C=O) groups excluding carboxylic acids is 2. The maximum atomic E-state index is 12.1. The van der Waals surface area contributed by atoms with E-state index in [1.165, 1.54) is 24.0 Å². The van der Waals surface area contributed by atoms with Crippen molar-refractivity contribution in [3.63, 3.8) is 0 Å². The molecule has 1 aromatic rings. The van der Waals surface area contributed by atoms with Crippen LogP contribution in [0.15, 0.2) is 18.2 Å². The monoisotopic (exact) mass is 330 g/mol. The topological polar surface area (TPSA) is 58.2 Å². The zero-order valence-electron chi connectivity index (χ0n) is 15.2. The van der Waals surface area contributed by atoms with Crippen LogP contribution in [0.2, 0.25) is 0 Å². The van der Waals surface area contributed by atoms with Gasteiger partial charge >= 0.3 is 11.8 Å². The maximum Gasteiger partial charge on any atom is 0.309 e. The average molecular weight is 330 g/mol. The molecular weight excluding hydrogens is 300 g/mol. The molecule has 0 aliphatic heterocycles. The molecule has 1 aliphatic carbocycles. The van der Waals surface area contributed by atoms with Gasteiger partial charge in [-0.1, -0.05) is 39.0 Å². The number of hydrogen-bond donors (Lipinski definition) is 2. The van der Waals surface area contributed by atoms with Crippen molar-refractivity contribution in [2.24, 2.45) is 5.92 Å². The first-order chi connectivity index (χ1) is 11.5. The number of hydrogen-bond acceptors (Lipinski definition) is 2. The Bertz CT molecular complexity index is 581. The van der Waals surface area contributed by atoms with Gasteiger partial charge in [0.25, 0.3) is 0 Å². The lowest BCUT2D eigenvalue weighted by Gasteiger charge is -2.21. The van der Waals surface area contributed by atoms with E-state index < -0.39 is 11.8 Å². The number of nitrogens with one attached hydrogen (secondary N) is 2. The van der Waals surface area contributed by atoms with Gasteiger partial charge in [0.15, 0.2) is 0 Å². The summed E-state index contributed by atoms with van der Waals surface area (Å²) in [6.07, 6.45) is 6.40. The van der Waals surface area contributed by atoms with Gasteiger partial charge in [0.2, 0.25) is 0 Å². The molecule has 2 rings (SSSR count). The fourth-order valence-electron chi connectivity index (χ4n) is 3.17. The Labute approximate surface area is 145 Å². The molecule has 1 atom stereocenters. The smallest absolute Gasteiger partial charge is 0.309 e. The number of aryl methyl sites for hydroxylation is 2. The van der Waals surface area contributed by atoms with Crippen LogP contribution < -0.4 is 10.6 Å². The minimum Gasteiger partial charge on any atom is -0.348 e. The van der Waals surface area contributed by atoms with E-state index >= 15 is 0 Å². The van der Waals surface area contributed by atoms with Crippen molar-refractivity contribution in [1.82, 2.24) is 10.6 Å². The summed E-state index contributed by atoms with van der Waals surface area (Å²) >= 11 is 0. The lowest BCUT2D eigenvalue weighted by atomic mass is 9.89. The van der Waals surface area contributed by atoms with Crippen LogP contribution in [0.5, 0.6) is 0 Å². The normalized spacial score (nSPS) is 14.8. The molecule has 0 bridgehead atoms. The van der Waals surface area contributed by atoms with Crippen LogP contribution in [0.25, 0.3) is 0 Å². The molecule has 4 heteroatoms. The van der Waals surface area contributed by atoms with E-state index in [-0.39, 0.29) is 6.04 Å². The number of amides is 2. The second-order valence-electron chi connectivity index (χ2n) is 7.11. The molecule has 4 nitrogen and oxygen atoms in total. The van der Waals surface area contributed by atoms with E-state index in [0.717, 1.165) is 31.2 Å². The number of benzene rings is 1.